The molecule has 24 heavy (non-hydrogen) atoms. The second kappa shape index (κ2) is 7.68. The highest BCUT2D eigenvalue weighted by atomic mass is 16.5. The third-order valence-electron chi connectivity index (χ3n) is 3.88. The van der Waals surface area contributed by atoms with Crippen molar-refractivity contribution in [2.24, 2.45) is 0 Å². The Morgan fingerprint density at radius 1 is 1.12 bits per heavy atom. The molecule has 4 heteroatoms. The summed E-state index contributed by atoms with van der Waals surface area (Å²) in [5, 5.41) is 4.07. The zero-order valence-corrected chi connectivity index (χ0v) is 13.7. The van der Waals surface area contributed by atoms with E-state index in [4.69, 9.17) is 9.15 Å². The average Bonchev–Trinajstić information content (AvgIpc) is 3.00. The zero-order chi connectivity index (χ0) is 16.8. The molecular weight excluding hydrogens is 302 g/mol. The Morgan fingerprint density at radius 3 is 2.71 bits per heavy atom. The maximum atomic E-state index is 12.0. The molecule has 0 radical (unpaired) electrons. The van der Waals surface area contributed by atoms with Crippen LogP contribution in [0.2, 0.25) is 0 Å². The Balaban J connectivity index is 1.49. The van der Waals surface area contributed by atoms with Gasteiger partial charge in [-0.2, -0.15) is 0 Å². The molecule has 0 atom stereocenters. The Hall–Kier alpha value is -2.75. The summed E-state index contributed by atoms with van der Waals surface area (Å²) in [6.07, 6.45) is 2.90. The fraction of sp³-hybridized carbons (Fsp3) is 0.250. The second-order valence-corrected chi connectivity index (χ2v) is 5.61. The van der Waals surface area contributed by atoms with Crippen molar-refractivity contribution in [3.05, 3.63) is 65.9 Å². The SMILES string of the molecule is CCOc1ccc(CC(=O)NCCc2coc3ccccc23)cc1. The molecule has 0 unspecified atom stereocenters. The highest BCUT2D eigenvalue weighted by molar-refractivity contribution is 5.81. The highest BCUT2D eigenvalue weighted by Crippen LogP contribution is 2.20. The van der Waals surface area contributed by atoms with E-state index in [1.807, 2.05) is 55.5 Å². The van der Waals surface area contributed by atoms with Crippen LogP contribution >= 0.6 is 0 Å². The molecule has 1 amide bonds. The van der Waals surface area contributed by atoms with Gasteiger partial charge in [0.2, 0.25) is 5.91 Å². The maximum absolute atomic E-state index is 12.0. The number of fused-ring (bicyclic) bond motifs is 1. The highest BCUT2D eigenvalue weighted by Gasteiger charge is 2.07. The lowest BCUT2D eigenvalue weighted by Crippen LogP contribution is -2.27. The molecule has 3 aromatic rings. The Kier molecular flexibility index (Phi) is 5.16. The van der Waals surface area contributed by atoms with E-state index in [1.165, 1.54) is 0 Å². The molecule has 4 nitrogen and oxygen atoms in total. The number of hydrogen-bond donors (Lipinski definition) is 1. The van der Waals surface area contributed by atoms with Gasteiger partial charge >= 0.3 is 0 Å². The van der Waals surface area contributed by atoms with Gasteiger partial charge < -0.3 is 14.5 Å². The third-order valence-corrected chi connectivity index (χ3v) is 3.88. The summed E-state index contributed by atoms with van der Waals surface area (Å²) >= 11 is 0. The first kappa shape index (κ1) is 16.1. The van der Waals surface area contributed by atoms with Crippen LogP contribution in [0.25, 0.3) is 11.0 Å². The van der Waals surface area contributed by atoms with E-state index in [2.05, 4.69) is 5.32 Å². The van der Waals surface area contributed by atoms with Crippen LogP contribution in [0.1, 0.15) is 18.1 Å². The van der Waals surface area contributed by atoms with Crippen LogP contribution in [0.3, 0.4) is 0 Å². The topological polar surface area (TPSA) is 51.5 Å². The molecule has 0 saturated heterocycles. The van der Waals surface area contributed by atoms with Crippen molar-refractivity contribution in [1.82, 2.24) is 5.32 Å². The molecule has 0 fully saturated rings. The largest absolute Gasteiger partial charge is 0.494 e. The predicted molar refractivity (Wildman–Crippen MR) is 94.2 cm³/mol. The van der Waals surface area contributed by atoms with E-state index < -0.39 is 0 Å². The molecule has 1 heterocycles. The van der Waals surface area contributed by atoms with Crippen molar-refractivity contribution < 1.29 is 13.9 Å². The zero-order valence-electron chi connectivity index (χ0n) is 13.7. The average molecular weight is 323 g/mol. The fourth-order valence-corrected chi connectivity index (χ4v) is 2.68. The van der Waals surface area contributed by atoms with Gasteiger partial charge in [0.15, 0.2) is 0 Å². The molecule has 0 bridgehead atoms. The number of para-hydroxylation sites is 1. The van der Waals surface area contributed by atoms with Gasteiger partial charge in [0.25, 0.3) is 0 Å². The van der Waals surface area contributed by atoms with E-state index >= 15 is 0 Å². The number of rotatable bonds is 7. The summed E-state index contributed by atoms with van der Waals surface area (Å²) in [7, 11) is 0. The Bertz CT molecular complexity index is 805. The van der Waals surface area contributed by atoms with Gasteiger partial charge in [0.05, 0.1) is 19.3 Å². The Labute approximate surface area is 141 Å². The van der Waals surface area contributed by atoms with Crippen molar-refractivity contribution in [2.75, 3.05) is 13.2 Å². The van der Waals surface area contributed by atoms with Crippen LogP contribution in [0.4, 0.5) is 0 Å². The lowest BCUT2D eigenvalue weighted by atomic mass is 10.1. The van der Waals surface area contributed by atoms with Crippen molar-refractivity contribution in [1.29, 1.82) is 0 Å². The van der Waals surface area contributed by atoms with Crippen LogP contribution in [-0.2, 0) is 17.6 Å². The molecule has 2 aromatic carbocycles. The smallest absolute Gasteiger partial charge is 0.224 e. The van der Waals surface area contributed by atoms with Crippen LogP contribution in [0, 0.1) is 0 Å². The van der Waals surface area contributed by atoms with Crippen molar-refractivity contribution >= 4 is 16.9 Å². The summed E-state index contributed by atoms with van der Waals surface area (Å²) in [4.78, 5) is 12.0. The molecule has 3 rings (SSSR count). The predicted octanol–water partition coefficient (Wildman–Crippen LogP) is 3.73. The van der Waals surface area contributed by atoms with E-state index in [0.29, 0.717) is 19.6 Å². The first-order valence-electron chi connectivity index (χ1n) is 8.20. The molecule has 0 aliphatic carbocycles. The number of furan rings is 1. The first-order chi connectivity index (χ1) is 11.8. The van der Waals surface area contributed by atoms with Gasteiger partial charge in [-0.25, -0.2) is 0 Å². The van der Waals surface area contributed by atoms with Gasteiger partial charge in [-0.05, 0) is 42.7 Å². The van der Waals surface area contributed by atoms with Gasteiger partial charge in [-0.15, -0.1) is 0 Å². The molecule has 0 saturated carbocycles. The Morgan fingerprint density at radius 2 is 1.92 bits per heavy atom. The number of amides is 1. The fourth-order valence-electron chi connectivity index (χ4n) is 2.68. The number of hydrogen-bond acceptors (Lipinski definition) is 3. The minimum atomic E-state index is 0.0203. The summed E-state index contributed by atoms with van der Waals surface area (Å²) in [6.45, 7) is 3.19. The van der Waals surface area contributed by atoms with Crippen LogP contribution in [-0.4, -0.2) is 19.1 Å². The van der Waals surface area contributed by atoms with E-state index in [9.17, 15) is 4.79 Å². The van der Waals surface area contributed by atoms with Crippen molar-refractivity contribution in [3.8, 4) is 5.75 Å². The normalized spacial score (nSPS) is 10.7. The molecule has 0 aliphatic heterocycles. The minimum absolute atomic E-state index is 0.0203. The van der Waals surface area contributed by atoms with Crippen LogP contribution in [0.15, 0.2) is 59.2 Å². The first-order valence-corrected chi connectivity index (χ1v) is 8.20. The molecule has 124 valence electrons. The lowest BCUT2D eigenvalue weighted by Gasteiger charge is -2.06. The van der Waals surface area contributed by atoms with E-state index in [0.717, 1.165) is 34.3 Å². The van der Waals surface area contributed by atoms with E-state index in [-0.39, 0.29) is 5.91 Å². The van der Waals surface area contributed by atoms with Gasteiger partial charge in [-0.1, -0.05) is 30.3 Å². The molecule has 0 spiro atoms. The van der Waals surface area contributed by atoms with Gasteiger partial charge in [-0.3, -0.25) is 4.79 Å². The molecular formula is C20H21NO3. The van der Waals surface area contributed by atoms with Crippen LogP contribution < -0.4 is 10.1 Å². The minimum Gasteiger partial charge on any atom is -0.494 e. The number of carbonyl (C=O) groups is 1. The van der Waals surface area contributed by atoms with Crippen molar-refractivity contribution in [2.45, 2.75) is 19.8 Å². The monoisotopic (exact) mass is 323 g/mol. The molecule has 1 N–H and O–H groups in total. The second-order valence-electron chi connectivity index (χ2n) is 5.61. The standard InChI is InChI=1S/C20H21NO3/c1-2-23-17-9-7-15(8-10-17)13-20(22)21-12-11-16-14-24-19-6-4-3-5-18(16)19/h3-10,14H,2,11-13H2,1H3,(H,21,22). The summed E-state index contributed by atoms with van der Waals surface area (Å²) in [5.41, 5.74) is 2.98. The quantitative estimate of drug-likeness (QED) is 0.721. The molecule has 1 aromatic heterocycles. The number of ether oxygens (including phenoxy) is 1. The van der Waals surface area contributed by atoms with Crippen molar-refractivity contribution in [3.63, 3.8) is 0 Å². The van der Waals surface area contributed by atoms with Gasteiger partial charge in [0, 0.05) is 11.9 Å². The van der Waals surface area contributed by atoms with Gasteiger partial charge in [0.1, 0.15) is 11.3 Å². The lowest BCUT2D eigenvalue weighted by molar-refractivity contribution is -0.120. The third kappa shape index (κ3) is 3.96. The summed E-state index contributed by atoms with van der Waals surface area (Å²) < 4.78 is 10.9. The summed E-state index contributed by atoms with van der Waals surface area (Å²) in [6, 6.07) is 15.6. The van der Waals surface area contributed by atoms with E-state index in [1.54, 1.807) is 6.26 Å². The number of benzene rings is 2. The number of carbonyl (C=O) groups excluding carboxylic acids is 1. The summed E-state index contributed by atoms with van der Waals surface area (Å²) in [5.74, 6) is 0.848. The molecule has 0 aliphatic rings. The van der Waals surface area contributed by atoms with Crippen LogP contribution in [0.5, 0.6) is 5.75 Å². The maximum Gasteiger partial charge on any atom is 0.224 e. The number of nitrogens with one attached hydrogen (secondary N) is 1.